The van der Waals surface area contributed by atoms with Gasteiger partial charge in [0, 0.05) is 11.6 Å². The summed E-state index contributed by atoms with van der Waals surface area (Å²) in [6, 6.07) is 18.8. The number of hydrogen-bond donors (Lipinski definition) is 1. The van der Waals surface area contributed by atoms with Gasteiger partial charge in [0.05, 0.1) is 29.3 Å². The molecule has 182 valence electrons. The van der Waals surface area contributed by atoms with Crippen LogP contribution >= 0.6 is 0 Å². The van der Waals surface area contributed by atoms with E-state index in [1.807, 2.05) is 37.6 Å². The Kier molecular flexibility index (Phi) is 6.14. The van der Waals surface area contributed by atoms with Crippen LogP contribution in [0, 0.1) is 34.6 Å². The molecule has 0 aliphatic heterocycles. The van der Waals surface area contributed by atoms with Crippen LogP contribution in [0.25, 0.3) is 22.2 Å². The first-order valence-corrected chi connectivity index (χ1v) is 12.1. The summed E-state index contributed by atoms with van der Waals surface area (Å²) in [5.41, 5.74) is 9.76. The van der Waals surface area contributed by atoms with Gasteiger partial charge in [0.15, 0.2) is 5.65 Å². The molecule has 0 spiro atoms. The lowest BCUT2D eigenvalue weighted by Gasteiger charge is -2.09. The number of aromatic nitrogens is 5. The molecule has 0 radical (unpaired) electrons. The summed E-state index contributed by atoms with van der Waals surface area (Å²) >= 11 is 0. The maximum Gasteiger partial charge on any atom is 0.246 e. The van der Waals surface area contributed by atoms with Crippen molar-refractivity contribution in [1.29, 1.82) is 0 Å². The number of aryl methyl sites for hydroxylation is 4. The Hall–Kier alpha value is -4.26. The number of carbonyl (C=O) groups is 1. The Bertz CT molecular complexity index is 1580. The largest absolute Gasteiger partial charge is 0.321 e. The number of rotatable bonds is 6. The fraction of sp³-hybridized carbons (Fsp3) is 0.241. The Balaban J connectivity index is 1.39. The second-order valence-corrected chi connectivity index (χ2v) is 9.41. The normalized spacial score (nSPS) is 11.2. The zero-order valence-electron chi connectivity index (χ0n) is 21.3. The van der Waals surface area contributed by atoms with Crippen molar-refractivity contribution in [2.75, 3.05) is 5.32 Å². The quantitative estimate of drug-likeness (QED) is 0.348. The van der Waals surface area contributed by atoms with Gasteiger partial charge in [-0.15, -0.1) is 0 Å². The maximum absolute atomic E-state index is 13.1. The molecule has 3 heterocycles. The van der Waals surface area contributed by atoms with E-state index in [-0.39, 0.29) is 12.5 Å². The number of fused-ring (bicyclic) bond motifs is 1. The molecule has 0 aliphatic rings. The van der Waals surface area contributed by atoms with Gasteiger partial charge in [-0.25, -0.2) is 9.67 Å². The molecule has 0 aliphatic carbocycles. The highest BCUT2D eigenvalue weighted by Gasteiger charge is 2.18. The van der Waals surface area contributed by atoms with Gasteiger partial charge in [-0.2, -0.15) is 10.2 Å². The van der Waals surface area contributed by atoms with E-state index < -0.39 is 0 Å². The lowest BCUT2D eigenvalue weighted by atomic mass is 10.0. The number of amides is 1. The number of nitrogens with zero attached hydrogens (tertiary/aromatic N) is 5. The van der Waals surface area contributed by atoms with E-state index in [2.05, 4.69) is 76.8 Å². The van der Waals surface area contributed by atoms with E-state index in [4.69, 9.17) is 0 Å². The molecular formula is C29H30N6O. The van der Waals surface area contributed by atoms with E-state index in [1.165, 1.54) is 11.1 Å². The van der Waals surface area contributed by atoms with Crippen LogP contribution in [0.2, 0.25) is 0 Å². The number of pyridine rings is 1. The maximum atomic E-state index is 13.1. The van der Waals surface area contributed by atoms with E-state index in [9.17, 15) is 4.79 Å². The van der Waals surface area contributed by atoms with Crippen LogP contribution in [0.5, 0.6) is 0 Å². The van der Waals surface area contributed by atoms with Crippen molar-refractivity contribution in [2.45, 2.75) is 47.7 Å². The van der Waals surface area contributed by atoms with E-state index >= 15 is 0 Å². The Labute approximate surface area is 210 Å². The molecule has 5 aromatic rings. The number of benzene rings is 2. The van der Waals surface area contributed by atoms with Crippen molar-refractivity contribution in [3.63, 3.8) is 0 Å². The minimum Gasteiger partial charge on any atom is -0.321 e. The zero-order valence-corrected chi connectivity index (χ0v) is 21.3. The summed E-state index contributed by atoms with van der Waals surface area (Å²) in [6.07, 6.45) is 1.78. The lowest BCUT2D eigenvalue weighted by Crippen LogP contribution is -2.20. The molecule has 0 unspecified atom stereocenters. The van der Waals surface area contributed by atoms with Gasteiger partial charge in [-0.1, -0.05) is 59.7 Å². The third-order valence-electron chi connectivity index (χ3n) is 6.53. The average Bonchev–Trinajstić information content (AvgIpc) is 3.31. The minimum absolute atomic E-state index is 0.0661. The first-order valence-electron chi connectivity index (χ1n) is 12.1. The van der Waals surface area contributed by atoms with Gasteiger partial charge in [0.1, 0.15) is 6.54 Å². The molecule has 7 nitrogen and oxygen atoms in total. The molecule has 0 bridgehead atoms. The van der Waals surface area contributed by atoms with Crippen LogP contribution in [0.1, 0.15) is 33.8 Å². The molecule has 5 rings (SSSR count). The highest BCUT2D eigenvalue weighted by Crippen LogP contribution is 2.30. The van der Waals surface area contributed by atoms with Crippen LogP contribution in [0.3, 0.4) is 0 Å². The third-order valence-corrected chi connectivity index (χ3v) is 6.53. The van der Waals surface area contributed by atoms with Crippen molar-refractivity contribution in [3.8, 4) is 11.1 Å². The summed E-state index contributed by atoms with van der Waals surface area (Å²) in [7, 11) is 0. The van der Waals surface area contributed by atoms with Crippen molar-refractivity contribution >= 4 is 22.6 Å². The predicted octanol–water partition coefficient (Wildman–Crippen LogP) is 5.52. The van der Waals surface area contributed by atoms with Crippen LogP contribution in [0.15, 0.2) is 60.8 Å². The Morgan fingerprint density at radius 1 is 0.861 bits per heavy atom. The number of nitrogens with one attached hydrogen (secondary N) is 1. The van der Waals surface area contributed by atoms with Gasteiger partial charge < -0.3 is 5.32 Å². The molecule has 0 saturated heterocycles. The van der Waals surface area contributed by atoms with E-state index in [0.717, 1.165) is 44.8 Å². The number of carbonyl (C=O) groups excluding carboxylic acids is 1. The fourth-order valence-corrected chi connectivity index (χ4v) is 4.66. The second kappa shape index (κ2) is 9.41. The summed E-state index contributed by atoms with van der Waals surface area (Å²) in [4.78, 5) is 17.7. The van der Waals surface area contributed by atoms with E-state index in [0.29, 0.717) is 12.2 Å². The monoisotopic (exact) mass is 478 g/mol. The summed E-state index contributed by atoms with van der Waals surface area (Å²) in [5.74, 6) is -0.164. The molecule has 1 amide bonds. The zero-order chi connectivity index (χ0) is 25.4. The second-order valence-electron chi connectivity index (χ2n) is 9.41. The molecule has 1 N–H and O–H groups in total. The Morgan fingerprint density at radius 3 is 2.36 bits per heavy atom. The molecule has 3 aromatic heterocycles. The fourth-order valence-electron chi connectivity index (χ4n) is 4.66. The number of hydrogen-bond acceptors (Lipinski definition) is 4. The molecule has 7 heteroatoms. The van der Waals surface area contributed by atoms with Gasteiger partial charge in [-0.05, 0) is 57.4 Å². The van der Waals surface area contributed by atoms with Crippen molar-refractivity contribution < 1.29 is 4.79 Å². The predicted molar refractivity (Wildman–Crippen MR) is 143 cm³/mol. The lowest BCUT2D eigenvalue weighted by molar-refractivity contribution is -0.116. The standard InChI is InChI=1S/C29H30N6O/c1-18-9-11-23(12-10-18)16-34-22(5)28(21(4)33-34)31-26(36)17-35-29-27(20(3)32-35)25(13-14-30-29)24-8-6-7-19(2)15-24/h6-15H,16-17H2,1-5H3,(H,31,36). The minimum atomic E-state index is -0.164. The highest BCUT2D eigenvalue weighted by atomic mass is 16.2. The number of anilines is 1. The molecule has 0 saturated carbocycles. The van der Waals surface area contributed by atoms with E-state index in [1.54, 1.807) is 10.9 Å². The summed E-state index contributed by atoms with van der Waals surface area (Å²) < 4.78 is 3.61. The highest BCUT2D eigenvalue weighted by molar-refractivity contribution is 5.96. The summed E-state index contributed by atoms with van der Waals surface area (Å²) in [6.45, 7) is 10.7. The van der Waals surface area contributed by atoms with Gasteiger partial charge in [0.2, 0.25) is 5.91 Å². The molecule has 36 heavy (non-hydrogen) atoms. The van der Waals surface area contributed by atoms with Crippen LogP contribution < -0.4 is 5.32 Å². The van der Waals surface area contributed by atoms with Gasteiger partial charge >= 0.3 is 0 Å². The van der Waals surface area contributed by atoms with Crippen molar-refractivity contribution in [2.24, 2.45) is 0 Å². The molecular weight excluding hydrogens is 448 g/mol. The van der Waals surface area contributed by atoms with Crippen LogP contribution in [0.4, 0.5) is 5.69 Å². The van der Waals surface area contributed by atoms with Gasteiger partial charge in [0.25, 0.3) is 0 Å². The first kappa shape index (κ1) is 23.5. The van der Waals surface area contributed by atoms with Crippen LogP contribution in [-0.4, -0.2) is 30.5 Å². The SMILES string of the molecule is Cc1ccc(Cn2nc(C)c(NC(=O)Cn3nc(C)c4c(-c5cccc(C)c5)ccnc43)c2C)cc1. The van der Waals surface area contributed by atoms with Crippen LogP contribution in [-0.2, 0) is 17.9 Å². The molecule has 0 atom stereocenters. The van der Waals surface area contributed by atoms with Gasteiger partial charge in [-0.3, -0.25) is 9.48 Å². The smallest absolute Gasteiger partial charge is 0.246 e. The average molecular weight is 479 g/mol. The summed E-state index contributed by atoms with van der Waals surface area (Å²) in [5, 5.41) is 13.4. The third kappa shape index (κ3) is 4.52. The van der Waals surface area contributed by atoms with Crippen molar-refractivity contribution in [3.05, 3.63) is 94.6 Å². The molecule has 0 fully saturated rings. The Morgan fingerprint density at radius 2 is 1.61 bits per heavy atom. The molecule has 2 aromatic carbocycles. The topological polar surface area (TPSA) is 77.6 Å². The first-order chi connectivity index (χ1) is 17.3. The van der Waals surface area contributed by atoms with Crippen molar-refractivity contribution in [1.82, 2.24) is 24.5 Å².